The van der Waals surface area contributed by atoms with E-state index >= 15 is 0 Å². The van der Waals surface area contributed by atoms with Gasteiger partial charge in [0.25, 0.3) is 5.91 Å². The molecule has 32 heavy (non-hydrogen) atoms. The van der Waals surface area contributed by atoms with Gasteiger partial charge in [-0.3, -0.25) is 14.4 Å². The van der Waals surface area contributed by atoms with Crippen molar-refractivity contribution in [2.45, 2.75) is 29.7 Å². The Morgan fingerprint density at radius 3 is 2.44 bits per heavy atom. The van der Waals surface area contributed by atoms with Crippen LogP contribution in [-0.2, 0) is 9.59 Å². The SMILES string of the molecule is CC(=O)Nc1ccc(NC(=O)CCCN2C(=O)c3cccnc3Sc3ccccc32)cc1. The summed E-state index contributed by atoms with van der Waals surface area (Å²) in [5, 5.41) is 6.22. The van der Waals surface area contributed by atoms with Crippen molar-refractivity contribution in [1.29, 1.82) is 0 Å². The number of pyridine rings is 1. The molecule has 0 fully saturated rings. The molecule has 1 aliphatic heterocycles. The molecule has 0 radical (unpaired) electrons. The standard InChI is InChI=1S/C24H22N4O3S/c1-16(29)26-17-10-12-18(13-11-17)27-22(30)9-5-15-28-20-7-2-3-8-21(20)32-23-19(24(28)31)6-4-14-25-23/h2-4,6-8,10-14H,5,9,15H2,1H3,(H,26,29)(H,27,30). The highest BCUT2D eigenvalue weighted by atomic mass is 32.2. The monoisotopic (exact) mass is 446 g/mol. The summed E-state index contributed by atoms with van der Waals surface area (Å²) >= 11 is 1.48. The van der Waals surface area contributed by atoms with Gasteiger partial charge in [-0.1, -0.05) is 23.9 Å². The highest BCUT2D eigenvalue weighted by Crippen LogP contribution is 2.40. The zero-order valence-electron chi connectivity index (χ0n) is 17.5. The molecule has 2 N–H and O–H groups in total. The minimum absolute atomic E-state index is 0.112. The minimum Gasteiger partial charge on any atom is -0.326 e. The number of benzene rings is 2. The molecular weight excluding hydrogens is 424 g/mol. The van der Waals surface area contributed by atoms with Crippen molar-refractivity contribution in [2.75, 3.05) is 22.1 Å². The Hall–Kier alpha value is -3.65. The number of nitrogens with one attached hydrogen (secondary N) is 2. The molecule has 0 aliphatic carbocycles. The number of fused-ring (bicyclic) bond motifs is 2. The second-order valence-corrected chi connectivity index (χ2v) is 8.32. The van der Waals surface area contributed by atoms with E-state index in [1.165, 1.54) is 18.7 Å². The van der Waals surface area contributed by atoms with Gasteiger partial charge < -0.3 is 15.5 Å². The zero-order chi connectivity index (χ0) is 22.5. The van der Waals surface area contributed by atoms with E-state index in [0.717, 1.165) is 10.6 Å². The predicted octanol–water partition coefficient (Wildman–Crippen LogP) is 4.57. The average Bonchev–Trinajstić information content (AvgIpc) is 2.89. The van der Waals surface area contributed by atoms with E-state index in [4.69, 9.17) is 0 Å². The van der Waals surface area contributed by atoms with Crippen LogP contribution in [0.25, 0.3) is 0 Å². The molecular formula is C24H22N4O3S. The maximum Gasteiger partial charge on any atom is 0.261 e. The average molecular weight is 447 g/mol. The van der Waals surface area contributed by atoms with E-state index in [1.54, 1.807) is 47.5 Å². The van der Waals surface area contributed by atoms with Crippen LogP contribution in [0.15, 0.2) is 76.8 Å². The van der Waals surface area contributed by atoms with Crippen LogP contribution in [0, 0.1) is 0 Å². The molecule has 2 aromatic carbocycles. The number of amides is 3. The van der Waals surface area contributed by atoms with Crippen molar-refractivity contribution in [1.82, 2.24) is 4.98 Å². The van der Waals surface area contributed by atoms with Crippen molar-refractivity contribution in [3.8, 4) is 0 Å². The van der Waals surface area contributed by atoms with Crippen LogP contribution in [0.3, 0.4) is 0 Å². The summed E-state index contributed by atoms with van der Waals surface area (Å²) in [6.07, 6.45) is 2.47. The third kappa shape index (κ3) is 4.97. The molecule has 1 aromatic heterocycles. The number of hydrogen-bond acceptors (Lipinski definition) is 5. The van der Waals surface area contributed by atoms with E-state index in [0.29, 0.717) is 34.9 Å². The van der Waals surface area contributed by atoms with E-state index in [-0.39, 0.29) is 24.1 Å². The molecule has 1 aliphatic rings. The topological polar surface area (TPSA) is 91.4 Å². The second-order valence-electron chi connectivity index (χ2n) is 7.29. The molecule has 4 rings (SSSR count). The lowest BCUT2D eigenvalue weighted by Crippen LogP contribution is -2.32. The molecule has 162 valence electrons. The van der Waals surface area contributed by atoms with E-state index < -0.39 is 0 Å². The van der Waals surface area contributed by atoms with Crippen LogP contribution in [0.4, 0.5) is 17.1 Å². The van der Waals surface area contributed by atoms with Gasteiger partial charge in [-0.05, 0) is 55.0 Å². The number of anilines is 3. The van der Waals surface area contributed by atoms with Crippen molar-refractivity contribution >= 4 is 46.5 Å². The van der Waals surface area contributed by atoms with Crippen LogP contribution >= 0.6 is 11.8 Å². The van der Waals surface area contributed by atoms with Crippen LogP contribution < -0.4 is 15.5 Å². The first kappa shape index (κ1) is 21.6. The number of carbonyl (C=O) groups is 3. The van der Waals surface area contributed by atoms with E-state index in [9.17, 15) is 14.4 Å². The summed E-state index contributed by atoms with van der Waals surface area (Å²) in [6, 6.07) is 18.2. The molecule has 8 heteroatoms. The lowest BCUT2D eigenvalue weighted by Gasteiger charge is -2.22. The highest BCUT2D eigenvalue weighted by Gasteiger charge is 2.27. The number of rotatable bonds is 6. The van der Waals surface area contributed by atoms with E-state index in [2.05, 4.69) is 15.6 Å². The fraction of sp³-hybridized carbons (Fsp3) is 0.167. The summed E-state index contributed by atoms with van der Waals surface area (Å²) in [5.74, 6) is -0.396. The van der Waals surface area contributed by atoms with Gasteiger partial charge in [0.1, 0.15) is 5.03 Å². The number of nitrogens with zero attached hydrogens (tertiary/aromatic N) is 2. The molecule has 0 saturated heterocycles. The smallest absolute Gasteiger partial charge is 0.261 e. The predicted molar refractivity (Wildman–Crippen MR) is 125 cm³/mol. The molecule has 0 saturated carbocycles. The normalized spacial score (nSPS) is 12.4. The Labute approximate surface area is 190 Å². The van der Waals surface area contributed by atoms with Crippen molar-refractivity contribution in [2.24, 2.45) is 0 Å². The quantitative estimate of drug-likeness (QED) is 0.579. The first-order valence-electron chi connectivity index (χ1n) is 10.2. The third-order valence-corrected chi connectivity index (χ3v) is 5.97. The van der Waals surface area contributed by atoms with Crippen LogP contribution in [0.5, 0.6) is 0 Å². The van der Waals surface area contributed by atoms with Crippen LogP contribution in [0.2, 0.25) is 0 Å². The number of para-hydroxylation sites is 1. The van der Waals surface area contributed by atoms with Gasteiger partial charge in [0.2, 0.25) is 11.8 Å². The van der Waals surface area contributed by atoms with Gasteiger partial charge >= 0.3 is 0 Å². The first-order valence-corrected chi connectivity index (χ1v) is 11.0. The number of hydrogen-bond donors (Lipinski definition) is 2. The summed E-state index contributed by atoms with van der Waals surface area (Å²) in [4.78, 5) is 43.8. The van der Waals surface area contributed by atoms with Gasteiger partial charge in [0, 0.05) is 42.4 Å². The van der Waals surface area contributed by atoms with Gasteiger partial charge in [-0.15, -0.1) is 0 Å². The van der Waals surface area contributed by atoms with Crippen molar-refractivity contribution < 1.29 is 14.4 Å². The maximum atomic E-state index is 13.2. The Balaban J connectivity index is 1.40. The van der Waals surface area contributed by atoms with E-state index in [1.807, 2.05) is 24.3 Å². The van der Waals surface area contributed by atoms with Gasteiger partial charge in [-0.25, -0.2) is 4.98 Å². The van der Waals surface area contributed by atoms with Crippen LogP contribution in [-0.4, -0.2) is 29.3 Å². The summed E-state index contributed by atoms with van der Waals surface area (Å²) in [5.41, 5.74) is 2.71. The summed E-state index contributed by atoms with van der Waals surface area (Å²) < 4.78 is 0. The Morgan fingerprint density at radius 2 is 1.69 bits per heavy atom. The molecule has 7 nitrogen and oxygen atoms in total. The fourth-order valence-corrected chi connectivity index (χ4v) is 4.46. The Bertz CT molecular complexity index is 1160. The van der Waals surface area contributed by atoms with Crippen LogP contribution in [0.1, 0.15) is 30.1 Å². The molecule has 0 unspecified atom stereocenters. The van der Waals surface area contributed by atoms with Gasteiger partial charge in [-0.2, -0.15) is 0 Å². The lowest BCUT2D eigenvalue weighted by molar-refractivity contribution is -0.116. The fourth-order valence-electron chi connectivity index (χ4n) is 3.44. The molecule has 3 amide bonds. The Kier molecular flexibility index (Phi) is 6.51. The molecule has 3 aromatic rings. The Morgan fingerprint density at radius 1 is 0.969 bits per heavy atom. The maximum absolute atomic E-state index is 13.2. The second kappa shape index (κ2) is 9.65. The zero-order valence-corrected chi connectivity index (χ0v) is 18.3. The molecule has 0 spiro atoms. The minimum atomic E-state index is -0.150. The number of aromatic nitrogens is 1. The summed E-state index contributed by atoms with van der Waals surface area (Å²) in [6.45, 7) is 1.86. The third-order valence-electron chi connectivity index (χ3n) is 4.88. The molecule has 0 bridgehead atoms. The number of carbonyl (C=O) groups excluding carboxylic acids is 3. The summed E-state index contributed by atoms with van der Waals surface area (Å²) in [7, 11) is 0. The molecule has 2 heterocycles. The first-order chi connectivity index (χ1) is 15.5. The lowest BCUT2D eigenvalue weighted by atomic mass is 10.2. The van der Waals surface area contributed by atoms with Gasteiger partial charge in [0.05, 0.1) is 11.3 Å². The molecule has 0 atom stereocenters. The van der Waals surface area contributed by atoms with Gasteiger partial charge in [0.15, 0.2) is 0 Å². The van der Waals surface area contributed by atoms with Crippen molar-refractivity contribution in [3.63, 3.8) is 0 Å². The highest BCUT2D eigenvalue weighted by molar-refractivity contribution is 7.99. The van der Waals surface area contributed by atoms with Crippen molar-refractivity contribution in [3.05, 3.63) is 72.4 Å². The largest absolute Gasteiger partial charge is 0.326 e.